The highest BCUT2D eigenvalue weighted by Crippen LogP contribution is 2.14. The van der Waals surface area contributed by atoms with E-state index in [9.17, 15) is 13.2 Å². The number of amides is 1. The van der Waals surface area contributed by atoms with Crippen LogP contribution in [-0.4, -0.2) is 44.9 Å². The normalized spacial score (nSPS) is 13.3. The van der Waals surface area contributed by atoms with Crippen LogP contribution in [0.5, 0.6) is 0 Å². The van der Waals surface area contributed by atoms with Crippen LogP contribution in [-0.2, 0) is 10.0 Å². The van der Waals surface area contributed by atoms with Gasteiger partial charge in [0, 0.05) is 31.2 Å². The van der Waals surface area contributed by atoms with Crippen LogP contribution in [0.3, 0.4) is 0 Å². The number of nitrogens with two attached hydrogens (primary N) is 1. The van der Waals surface area contributed by atoms with Gasteiger partial charge in [0.25, 0.3) is 5.91 Å². The summed E-state index contributed by atoms with van der Waals surface area (Å²) in [7, 11) is -1.92. The first-order chi connectivity index (χ1) is 11.0. The third-order valence-electron chi connectivity index (χ3n) is 3.78. The fourth-order valence-electron chi connectivity index (χ4n) is 2.17. The molecule has 0 saturated carbocycles. The molecule has 0 fully saturated rings. The molecule has 0 aliphatic carbocycles. The number of benzene rings is 1. The van der Waals surface area contributed by atoms with Crippen LogP contribution in [0.1, 0.15) is 44.5 Å². The van der Waals surface area contributed by atoms with Gasteiger partial charge in [0.15, 0.2) is 0 Å². The second kappa shape index (κ2) is 8.60. The Labute approximate surface area is 145 Å². The Hall–Kier alpha value is -1.44. The van der Waals surface area contributed by atoms with E-state index in [0.717, 1.165) is 0 Å². The molecule has 1 aromatic carbocycles. The third kappa shape index (κ3) is 5.89. The molecule has 7 heteroatoms. The molecular formula is C17H29N3O3S. The van der Waals surface area contributed by atoms with Gasteiger partial charge in [-0.3, -0.25) is 4.79 Å². The molecule has 0 bridgehead atoms. The lowest BCUT2D eigenvalue weighted by Gasteiger charge is -2.22. The maximum atomic E-state index is 12.5. The molecular weight excluding hydrogens is 326 g/mol. The van der Waals surface area contributed by atoms with E-state index >= 15 is 0 Å². The molecule has 136 valence electrons. The summed E-state index contributed by atoms with van der Waals surface area (Å²) in [5.41, 5.74) is 6.35. The van der Waals surface area contributed by atoms with Crippen LogP contribution >= 0.6 is 0 Å². The molecule has 24 heavy (non-hydrogen) atoms. The van der Waals surface area contributed by atoms with Crippen molar-refractivity contribution in [1.29, 1.82) is 0 Å². The van der Waals surface area contributed by atoms with Gasteiger partial charge in [-0.1, -0.05) is 19.9 Å². The summed E-state index contributed by atoms with van der Waals surface area (Å²) in [6, 6.07) is 5.91. The highest BCUT2D eigenvalue weighted by molar-refractivity contribution is 7.89. The van der Waals surface area contributed by atoms with E-state index in [4.69, 9.17) is 5.73 Å². The number of carbonyl (C=O) groups is 1. The van der Waals surface area contributed by atoms with Crippen molar-refractivity contribution in [2.24, 2.45) is 11.7 Å². The number of hydrogen-bond acceptors (Lipinski definition) is 4. The smallest absolute Gasteiger partial charge is 0.253 e. The maximum Gasteiger partial charge on any atom is 0.253 e. The van der Waals surface area contributed by atoms with E-state index in [2.05, 4.69) is 4.72 Å². The Bertz CT molecular complexity index is 657. The number of hydrogen-bond donors (Lipinski definition) is 2. The number of nitrogens with zero attached hydrogens (tertiary/aromatic N) is 1. The number of rotatable bonds is 8. The van der Waals surface area contributed by atoms with Crippen LogP contribution in [0.15, 0.2) is 29.2 Å². The summed E-state index contributed by atoms with van der Waals surface area (Å²) in [5, 5.41) is 0. The Morgan fingerprint density at radius 3 is 2.42 bits per heavy atom. The second-order valence-electron chi connectivity index (χ2n) is 6.73. The molecule has 1 aromatic rings. The second-order valence-corrected chi connectivity index (χ2v) is 8.44. The summed E-state index contributed by atoms with van der Waals surface area (Å²) in [6.45, 7) is 8.11. The number of sulfonamides is 1. The molecule has 0 saturated heterocycles. The lowest BCUT2D eigenvalue weighted by Crippen LogP contribution is -2.35. The van der Waals surface area contributed by atoms with Gasteiger partial charge in [-0.15, -0.1) is 0 Å². The van der Waals surface area contributed by atoms with E-state index in [1.807, 2.05) is 13.8 Å². The van der Waals surface area contributed by atoms with Gasteiger partial charge in [0.1, 0.15) is 0 Å². The maximum absolute atomic E-state index is 12.5. The predicted molar refractivity (Wildman–Crippen MR) is 96.3 cm³/mol. The van der Waals surface area contributed by atoms with Crippen LogP contribution in [0, 0.1) is 5.92 Å². The minimum atomic E-state index is -3.62. The van der Waals surface area contributed by atoms with Gasteiger partial charge in [-0.2, -0.15) is 0 Å². The van der Waals surface area contributed by atoms with Crippen molar-refractivity contribution in [3.05, 3.63) is 29.8 Å². The first-order valence-electron chi connectivity index (χ1n) is 8.18. The monoisotopic (exact) mass is 355 g/mol. The van der Waals surface area contributed by atoms with E-state index in [1.54, 1.807) is 37.9 Å². The van der Waals surface area contributed by atoms with E-state index in [-0.39, 0.29) is 22.9 Å². The molecule has 0 heterocycles. The van der Waals surface area contributed by atoms with Gasteiger partial charge >= 0.3 is 0 Å². The molecule has 1 unspecified atom stereocenters. The van der Waals surface area contributed by atoms with Crippen LogP contribution in [0.4, 0.5) is 0 Å². The predicted octanol–water partition coefficient (Wildman–Crippen LogP) is 1.82. The van der Waals surface area contributed by atoms with Crippen molar-refractivity contribution in [2.45, 2.75) is 51.1 Å². The van der Waals surface area contributed by atoms with Crippen LogP contribution < -0.4 is 10.5 Å². The summed E-state index contributed by atoms with van der Waals surface area (Å²) in [4.78, 5) is 14.2. The summed E-state index contributed by atoms with van der Waals surface area (Å²) < 4.78 is 27.0. The van der Waals surface area contributed by atoms with Gasteiger partial charge in [-0.05, 0) is 44.4 Å². The molecule has 0 aliphatic rings. The Balaban J connectivity index is 2.87. The van der Waals surface area contributed by atoms with Gasteiger partial charge in [0.05, 0.1) is 4.90 Å². The topological polar surface area (TPSA) is 92.5 Å². The Morgan fingerprint density at radius 1 is 1.25 bits per heavy atom. The zero-order valence-corrected chi connectivity index (χ0v) is 15.9. The fraction of sp³-hybridized carbons (Fsp3) is 0.588. The zero-order chi connectivity index (χ0) is 18.5. The summed E-state index contributed by atoms with van der Waals surface area (Å²) in [6.07, 6.45) is 0.701. The first-order valence-corrected chi connectivity index (χ1v) is 9.66. The minimum Gasteiger partial charge on any atom is -0.342 e. The van der Waals surface area contributed by atoms with Crippen molar-refractivity contribution in [3.63, 3.8) is 0 Å². The van der Waals surface area contributed by atoms with E-state index in [1.165, 1.54) is 12.1 Å². The van der Waals surface area contributed by atoms with Crippen molar-refractivity contribution in [1.82, 2.24) is 9.62 Å². The average molecular weight is 356 g/mol. The SMILES string of the molecule is CC(C)NS(=O)(=O)c1cccc(C(=O)N(C)CCC(N)C(C)C)c1. The van der Waals surface area contributed by atoms with E-state index < -0.39 is 10.0 Å². The Morgan fingerprint density at radius 2 is 1.88 bits per heavy atom. The minimum absolute atomic E-state index is 0.0298. The van der Waals surface area contributed by atoms with E-state index in [0.29, 0.717) is 24.4 Å². The Kier molecular flexibility index (Phi) is 7.38. The number of nitrogens with one attached hydrogen (secondary N) is 1. The lowest BCUT2D eigenvalue weighted by atomic mass is 10.0. The average Bonchev–Trinajstić information content (AvgIpc) is 2.50. The van der Waals surface area contributed by atoms with Crippen LogP contribution in [0.25, 0.3) is 0 Å². The fourth-order valence-corrected chi connectivity index (χ4v) is 3.47. The van der Waals surface area contributed by atoms with Crippen molar-refractivity contribution in [2.75, 3.05) is 13.6 Å². The highest BCUT2D eigenvalue weighted by Gasteiger charge is 2.19. The van der Waals surface area contributed by atoms with Crippen molar-refractivity contribution < 1.29 is 13.2 Å². The van der Waals surface area contributed by atoms with Gasteiger partial charge in [0.2, 0.25) is 10.0 Å². The quantitative estimate of drug-likeness (QED) is 0.744. The lowest BCUT2D eigenvalue weighted by molar-refractivity contribution is 0.0789. The number of carbonyl (C=O) groups excluding carboxylic acids is 1. The molecule has 0 aliphatic heterocycles. The molecule has 1 amide bonds. The molecule has 1 atom stereocenters. The highest BCUT2D eigenvalue weighted by atomic mass is 32.2. The van der Waals surface area contributed by atoms with Crippen molar-refractivity contribution >= 4 is 15.9 Å². The van der Waals surface area contributed by atoms with Gasteiger partial charge in [-0.25, -0.2) is 13.1 Å². The summed E-state index contributed by atoms with van der Waals surface area (Å²) >= 11 is 0. The first kappa shape index (κ1) is 20.6. The molecule has 1 rings (SSSR count). The molecule has 0 radical (unpaired) electrons. The molecule has 0 spiro atoms. The summed E-state index contributed by atoms with van der Waals surface area (Å²) in [5.74, 6) is 0.136. The standard InChI is InChI=1S/C17H29N3O3S/c1-12(2)16(18)9-10-20(5)17(21)14-7-6-8-15(11-14)24(22,23)19-13(3)4/h6-8,11-13,16,19H,9-10,18H2,1-5H3. The molecule has 0 aromatic heterocycles. The third-order valence-corrected chi connectivity index (χ3v) is 5.44. The van der Waals surface area contributed by atoms with Gasteiger partial charge < -0.3 is 10.6 Å². The largest absolute Gasteiger partial charge is 0.342 e. The zero-order valence-electron chi connectivity index (χ0n) is 15.1. The molecule has 3 N–H and O–H groups in total. The molecule has 6 nitrogen and oxygen atoms in total. The van der Waals surface area contributed by atoms with Crippen molar-refractivity contribution in [3.8, 4) is 0 Å². The van der Waals surface area contributed by atoms with Crippen LogP contribution in [0.2, 0.25) is 0 Å².